The van der Waals surface area contributed by atoms with Gasteiger partial charge in [-0.1, -0.05) is 40.7 Å². The van der Waals surface area contributed by atoms with Crippen molar-refractivity contribution in [3.05, 3.63) is 23.8 Å². The summed E-state index contributed by atoms with van der Waals surface area (Å²) < 4.78 is 11.7. The van der Waals surface area contributed by atoms with E-state index >= 15 is 0 Å². The zero-order valence-corrected chi connectivity index (χ0v) is 14.3. The van der Waals surface area contributed by atoms with Crippen molar-refractivity contribution < 1.29 is 9.47 Å². The van der Waals surface area contributed by atoms with E-state index in [9.17, 15) is 0 Å². The van der Waals surface area contributed by atoms with E-state index in [1.807, 2.05) is 6.07 Å². The molecule has 2 aliphatic rings. The van der Waals surface area contributed by atoms with E-state index in [-0.39, 0.29) is 16.2 Å². The highest BCUT2D eigenvalue weighted by Crippen LogP contribution is 2.73. The Hall–Kier alpha value is -0.890. The Bertz CT molecular complexity index is 536. The Morgan fingerprint density at radius 3 is 2.19 bits per heavy atom. The van der Waals surface area contributed by atoms with E-state index in [2.05, 4.69) is 46.8 Å². The summed E-state index contributed by atoms with van der Waals surface area (Å²) >= 11 is 6.79. The molecule has 21 heavy (non-hydrogen) atoms. The van der Waals surface area contributed by atoms with Gasteiger partial charge in [-0.25, -0.2) is 0 Å². The molecule has 2 atom stereocenters. The summed E-state index contributed by atoms with van der Waals surface area (Å²) in [6.07, 6.45) is 0. The molecule has 1 saturated carbocycles. The SMILES string of the molecule is CC1COc2ccc(C(Cl)C3C(C)(C)C3(C)C)cc2OC1. The number of hydrogen-bond acceptors (Lipinski definition) is 2. The average molecular weight is 309 g/mol. The lowest BCUT2D eigenvalue weighted by Gasteiger charge is -2.15. The molecule has 3 rings (SSSR count). The molecule has 1 aliphatic heterocycles. The normalized spacial score (nSPS) is 27.8. The van der Waals surface area contributed by atoms with Gasteiger partial charge in [0.15, 0.2) is 11.5 Å². The van der Waals surface area contributed by atoms with Crippen LogP contribution in [0.2, 0.25) is 0 Å². The summed E-state index contributed by atoms with van der Waals surface area (Å²) in [5.41, 5.74) is 1.69. The highest BCUT2D eigenvalue weighted by atomic mass is 35.5. The minimum atomic E-state index is 0.0181. The first-order chi connectivity index (χ1) is 9.75. The van der Waals surface area contributed by atoms with Crippen molar-refractivity contribution in [2.75, 3.05) is 13.2 Å². The maximum atomic E-state index is 6.79. The van der Waals surface area contributed by atoms with E-state index in [0.29, 0.717) is 25.0 Å². The molecular weight excluding hydrogens is 284 g/mol. The summed E-state index contributed by atoms with van der Waals surface area (Å²) in [5, 5.41) is 0.0181. The van der Waals surface area contributed by atoms with Crippen LogP contribution in [0.15, 0.2) is 18.2 Å². The van der Waals surface area contributed by atoms with Crippen LogP contribution in [0.5, 0.6) is 11.5 Å². The van der Waals surface area contributed by atoms with Gasteiger partial charge in [0.1, 0.15) is 0 Å². The third kappa shape index (κ3) is 2.32. The molecule has 0 radical (unpaired) electrons. The highest BCUT2D eigenvalue weighted by Gasteiger charge is 2.67. The number of rotatable bonds is 2. The lowest BCUT2D eigenvalue weighted by atomic mass is 10.0. The van der Waals surface area contributed by atoms with Crippen molar-refractivity contribution >= 4 is 11.6 Å². The molecule has 3 heteroatoms. The molecule has 1 heterocycles. The second-order valence-electron chi connectivity index (χ2n) is 7.76. The van der Waals surface area contributed by atoms with Gasteiger partial charge in [0.25, 0.3) is 0 Å². The predicted molar refractivity (Wildman–Crippen MR) is 86.2 cm³/mol. The molecule has 0 amide bonds. The van der Waals surface area contributed by atoms with Crippen molar-refractivity contribution in [2.45, 2.75) is 40.0 Å². The van der Waals surface area contributed by atoms with Gasteiger partial charge < -0.3 is 9.47 Å². The molecule has 116 valence electrons. The number of hydrogen-bond donors (Lipinski definition) is 0. The van der Waals surface area contributed by atoms with Gasteiger partial charge >= 0.3 is 0 Å². The quantitative estimate of drug-likeness (QED) is 0.711. The van der Waals surface area contributed by atoms with Crippen molar-refractivity contribution in [1.29, 1.82) is 0 Å². The minimum Gasteiger partial charge on any atom is -0.489 e. The van der Waals surface area contributed by atoms with Crippen molar-refractivity contribution in [1.82, 2.24) is 0 Å². The first kappa shape index (κ1) is 15.0. The first-order valence-electron chi connectivity index (χ1n) is 7.79. The van der Waals surface area contributed by atoms with Gasteiger partial charge in [-0.3, -0.25) is 0 Å². The predicted octanol–water partition coefficient (Wildman–Crippen LogP) is 5.06. The fourth-order valence-corrected chi connectivity index (χ4v) is 4.38. The average Bonchev–Trinajstić information content (AvgIpc) is 2.91. The molecule has 0 N–H and O–H groups in total. The molecule has 1 fully saturated rings. The van der Waals surface area contributed by atoms with Gasteiger partial charge in [0.05, 0.1) is 18.6 Å². The molecule has 2 unspecified atom stereocenters. The summed E-state index contributed by atoms with van der Waals surface area (Å²) in [5.74, 6) is 2.56. The number of alkyl halides is 1. The fraction of sp³-hybridized carbons (Fsp3) is 0.667. The maximum Gasteiger partial charge on any atom is 0.161 e. The number of fused-ring (bicyclic) bond motifs is 1. The Morgan fingerprint density at radius 1 is 1.05 bits per heavy atom. The number of benzene rings is 1. The van der Waals surface area contributed by atoms with E-state index in [1.54, 1.807) is 0 Å². The van der Waals surface area contributed by atoms with Crippen LogP contribution < -0.4 is 9.47 Å². The van der Waals surface area contributed by atoms with E-state index in [0.717, 1.165) is 17.1 Å². The number of halogens is 1. The molecule has 0 saturated heterocycles. The maximum absolute atomic E-state index is 6.79. The molecule has 1 aliphatic carbocycles. The summed E-state index contributed by atoms with van der Waals surface area (Å²) in [6, 6.07) is 6.15. The molecule has 0 bridgehead atoms. The lowest BCUT2D eigenvalue weighted by Crippen LogP contribution is -2.12. The van der Waals surface area contributed by atoms with Gasteiger partial charge in [0, 0.05) is 5.92 Å². The second kappa shape index (κ2) is 4.81. The zero-order valence-electron chi connectivity index (χ0n) is 13.6. The van der Waals surface area contributed by atoms with E-state index < -0.39 is 0 Å². The standard InChI is InChI=1S/C18H25ClO2/c1-11-9-20-13-7-6-12(8-14(13)21-10-11)15(19)16-17(2,3)18(16,4)5/h6-8,11,15-16H,9-10H2,1-5H3. The summed E-state index contributed by atoms with van der Waals surface area (Å²) in [7, 11) is 0. The van der Waals surface area contributed by atoms with Gasteiger partial charge in [-0.2, -0.15) is 0 Å². The summed E-state index contributed by atoms with van der Waals surface area (Å²) in [4.78, 5) is 0. The molecular formula is C18H25ClO2. The van der Waals surface area contributed by atoms with Crippen LogP contribution in [-0.2, 0) is 0 Å². The van der Waals surface area contributed by atoms with Crippen LogP contribution in [0.1, 0.15) is 45.6 Å². The first-order valence-corrected chi connectivity index (χ1v) is 8.22. The third-order valence-corrected chi connectivity index (χ3v) is 6.26. The smallest absolute Gasteiger partial charge is 0.161 e. The largest absolute Gasteiger partial charge is 0.489 e. The van der Waals surface area contributed by atoms with Crippen LogP contribution in [0.3, 0.4) is 0 Å². The van der Waals surface area contributed by atoms with E-state index in [4.69, 9.17) is 21.1 Å². The van der Waals surface area contributed by atoms with Gasteiger partial charge in [0.2, 0.25) is 0 Å². The lowest BCUT2D eigenvalue weighted by molar-refractivity contribution is 0.228. The van der Waals surface area contributed by atoms with Crippen molar-refractivity contribution in [3.63, 3.8) is 0 Å². The van der Waals surface area contributed by atoms with Crippen LogP contribution in [-0.4, -0.2) is 13.2 Å². The second-order valence-corrected chi connectivity index (χ2v) is 8.23. The van der Waals surface area contributed by atoms with Gasteiger partial charge in [-0.05, 0) is 34.4 Å². The van der Waals surface area contributed by atoms with Crippen LogP contribution in [0.25, 0.3) is 0 Å². The number of ether oxygens (including phenoxy) is 2. The molecule has 1 aromatic carbocycles. The topological polar surface area (TPSA) is 18.5 Å². The third-order valence-electron chi connectivity index (χ3n) is 5.76. The van der Waals surface area contributed by atoms with Crippen molar-refractivity contribution in [3.8, 4) is 11.5 Å². The highest BCUT2D eigenvalue weighted by molar-refractivity contribution is 6.21. The van der Waals surface area contributed by atoms with Crippen LogP contribution in [0, 0.1) is 22.7 Å². The molecule has 0 spiro atoms. The van der Waals surface area contributed by atoms with E-state index in [1.165, 1.54) is 0 Å². The summed E-state index contributed by atoms with van der Waals surface area (Å²) in [6.45, 7) is 12.8. The molecule has 2 nitrogen and oxygen atoms in total. The monoisotopic (exact) mass is 308 g/mol. The Labute approximate surface area is 132 Å². The van der Waals surface area contributed by atoms with Gasteiger partial charge in [-0.15, -0.1) is 11.6 Å². The van der Waals surface area contributed by atoms with Crippen molar-refractivity contribution in [2.24, 2.45) is 22.7 Å². The fourth-order valence-electron chi connectivity index (χ4n) is 3.61. The molecule has 1 aromatic rings. The molecule has 0 aromatic heterocycles. The zero-order chi connectivity index (χ0) is 15.4. The Kier molecular flexibility index (Phi) is 3.44. The minimum absolute atomic E-state index is 0.0181. The Morgan fingerprint density at radius 2 is 1.62 bits per heavy atom. The van der Waals surface area contributed by atoms with Crippen LogP contribution >= 0.6 is 11.6 Å². The van der Waals surface area contributed by atoms with Crippen LogP contribution in [0.4, 0.5) is 0 Å². The Balaban J connectivity index is 1.85.